The summed E-state index contributed by atoms with van der Waals surface area (Å²) in [5.74, 6) is -0.487. The molecule has 10 nitrogen and oxygen atoms in total. The highest BCUT2D eigenvalue weighted by atomic mass is 16.5. The van der Waals surface area contributed by atoms with E-state index in [0.29, 0.717) is 57.2 Å². The Morgan fingerprint density at radius 1 is 0.921 bits per heavy atom. The van der Waals surface area contributed by atoms with Crippen molar-refractivity contribution in [1.29, 1.82) is 0 Å². The number of amides is 3. The number of ether oxygens (including phenoxy) is 1. The molecule has 2 aromatic carbocycles. The summed E-state index contributed by atoms with van der Waals surface area (Å²) in [5, 5.41) is 9.98. The fourth-order valence-corrected chi connectivity index (χ4v) is 4.85. The van der Waals surface area contributed by atoms with Gasteiger partial charge in [-0.1, -0.05) is 30.3 Å². The van der Waals surface area contributed by atoms with Gasteiger partial charge in [0.15, 0.2) is 0 Å². The number of urea groups is 1. The Morgan fingerprint density at radius 2 is 1.61 bits per heavy atom. The van der Waals surface area contributed by atoms with Crippen LogP contribution in [0.4, 0.5) is 16.2 Å². The zero-order valence-electron chi connectivity index (χ0n) is 21.4. The molecule has 0 spiro atoms. The third kappa shape index (κ3) is 6.20. The number of morpholine rings is 1. The van der Waals surface area contributed by atoms with Crippen molar-refractivity contribution in [1.82, 2.24) is 20.4 Å². The Kier molecular flexibility index (Phi) is 7.98. The first-order valence-electron chi connectivity index (χ1n) is 13.1. The van der Waals surface area contributed by atoms with E-state index >= 15 is 0 Å². The van der Waals surface area contributed by atoms with E-state index in [2.05, 4.69) is 33.0 Å². The van der Waals surface area contributed by atoms with Crippen LogP contribution in [0.2, 0.25) is 0 Å². The van der Waals surface area contributed by atoms with Crippen LogP contribution in [0.3, 0.4) is 0 Å². The summed E-state index contributed by atoms with van der Waals surface area (Å²) in [6, 6.07) is 18.4. The molecule has 38 heavy (non-hydrogen) atoms. The molecule has 0 aromatic heterocycles. The van der Waals surface area contributed by atoms with Crippen LogP contribution in [0, 0.1) is 0 Å². The van der Waals surface area contributed by atoms with Crippen LogP contribution in [0.25, 0.3) is 0 Å². The van der Waals surface area contributed by atoms with Gasteiger partial charge < -0.3 is 41.1 Å². The first-order valence-corrected chi connectivity index (χ1v) is 13.1. The lowest BCUT2D eigenvalue weighted by Gasteiger charge is -2.39. The smallest absolute Gasteiger partial charge is 0.320 e. The number of nitrogens with zero attached hydrogens (tertiary/aromatic N) is 3. The van der Waals surface area contributed by atoms with Gasteiger partial charge in [0.25, 0.3) is 5.91 Å². The molecule has 200 valence electrons. The van der Waals surface area contributed by atoms with Crippen molar-refractivity contribution in [3.05, 3.63) is 83.7 Å². The first-order chi connectivity index (χ1) is 18.6. The number of carbonyl (C=O) groups is 2. The summed E-state index contributed by atoms with van der Waals surface area (Å²) >= 11 is 0. The maximum absolute atomic E-state index is 12.7. The molecular formula is C28H35N7O3. The molecule has 3 aliphatic heterocycles. The Balaban J connectivity index is 1.15. The molecule has 2 aromatic rings. The van der Waals surface area contributed by atoms with Crippen LogP contribution in [0.15, 0.2) is 78.1 Å². The van der Waals surface area contributed by atoms with E-state index in [1.54, 1.807) is 6.20 Å². The summed E-state index contributed by atoms with van der Waals surface area (Å²) in [7, 11) is 0. The Morgan fingerprint density at radius 3 is 2.29 bits per heavy atom. The highest BCUT2D eigenvalue weighted by Gasteiger charge is 2.26. The number of nitrogens with one attached hydrogen (secondary N) is 3. The second-order valence-electron chi connectivity index (χ2n) is 9.53. The summed E-state index contributed by atoms with van der Waals surface area (Å²) in [6.45, 7) is 6.18. The van der Waals surface area contributed by atoms with Crippen molar-refractivity contribution in [2.24, 2.45) is 5.73 Å². The maximum Gasteiger partial charge on any atom is 0.320 e. The highest BCUT2D eigenvalue weighted by molar-refractivity contribution is 5.96. The summed E-state index contributed by atoms with van der Waals surface area (Å²) in [5.41, 5.74) is 9.89. The average Bonchev–Trinajstić information content (AvgIpc) is 2.97. The minimum Gasteiger partial charge on any atom is -0.380 e. The number of nitrogens with two attached hydrogens (primary N) is 1. The largest absolute Gasteiger partial charge is 0.380 e. The molecule has 3 amide bonds. The summed E-state index contributed by atoms with van der Waals surface area (Å²) < 4.78 is 5.36. The molecule has 0 radical (unpaired) electrons. The van der Waals surface area contributed by atoms with Gasteiger partial charge in [-0.15, -0.1) is 0 Å². The van der Waals surface area contributed by atoms with Gasteiger partial charge in [-0.2, -0.15) is 0 Å². The molecule has 2 fully saturated rings. The fraction of sp³-hybridized carbons (Fsp3) is 0.357. The number of hydrogen-bond acceptors (Lipinski definition) is 7. The van der Waals surface area contributed by atoms with Gasteiger partial charge in [0, 0.05) is 69.1 Å². The minimum atomic E-state index is -0.487. The SMILES string of the molecule is NC(=O)C1=CNC(Nc2ccc(N3CCN(C(=O)N4CCOCC4)CC3)cc2)C=C1NCc1ccccc1. The first kappa shape index (κ1) is 25.5. The zero-order valence-corrected chi connectivity index (χ0v) is 21.4. The van der Waals surface area contributed by atoms with Gasteiger partial charge in [0.05, 0.1) is 18.8 Å². The number of primary amides is 1. The van der Waals surface area contributed by atoms with Crippen LogP contribution in [0.1, 0.15) is 5.56 Å². The fourth-order valence-electron chi connectivity index (χ4n) is 4.85. The van der Waals surface area contributed by atoms with E-state index < -0.39 is 5.91 Å². The van der Waals surface area contributed by atoms with Crippen molar-refractivity contribution in [2.75, 3.05) is 62.7 Å². The quantitative estimate of drug-likeness (QED) is 0.442. The number of rotatable bonds is 7. The standard InChI is InChI=1S/C28H35N7O3/c29-27(36)24-20-31-26(18-25(24)30-19-21-4-2-1-3-5-21)32-22-6-8-23(9-7-22)33-10-12-34(13-11-33)28(37)35-14-16-38-17-15-35/h1-9,18,20,26,30-32H,10-17,19H2,(H2,29,36). The number of dihydropyridines is 1. The van der Waals surface area contributed by atoms with Gasteiger partial charge in [-0.05, 0) is 35.9 Å². The van der Waals surface area contributed by atoms with E-state index in [1.165, 1.54) is 0 Å². The molecule has 5 rings (SSSR count). The number of carbonyl (C=O) groups excluding carboxylic acids is 2. The van der Waals surface area contributed by atoms with Crippen LogP contribution in [0.5, 0.6) is 0 Å². The topological polar surface area (TPSA) is 115 Å². The van der Waals surface area contributed by atoms with Crippen LogP contribution < -0.4 is 26.6 Å². The summed E-state index contributed by atoms with van der Waals surface area (Å²) in [6.07, 6.45) is 3.37. The van der Waals surface area contributed by atoms with E-state index in [4.69, 9.17) is 10.5 Å². The van der Waals surface area contributed by atoms with Gasteiger partial charge in [0.2, 0.25) is 0 Å². The molecule has 5 N–H and O–H groups in total. The number of piperazine rings is 1. The molecule has 1 atom stereocenters. The number of benzene rings is 2. The molecule has 10 heteroatoms. The maximum atomic E-state index is 12.7. The third-order valence-corrected chi connectivity index (χ3v) is 7.01. The van der Waals surface area contributed by atoms with E-state index in [-0.39, 0.29) is 12.2 Å². The predicted molar refractivity (Wildman–Crippen MR) is 147 cm³/mol. The van der Waals surface area contributed by atoms with Gasteiger partial charge >= 0.3 is 6.03 Å². The molecular weight excluding hydrogens is 482 g/mol. The number of anilines is 2. The van der Waals surface area contributed by atoms with Crippen molar-refractivity contribution < 1.29 is 14.3 Å². The highest BCUT2D eigenvalue weighted by Crippen LogP contribution is 2.22. The zero-order chi connectivity index (χ0) is 26.3. The predicted octanol–water partition coefficient (Wildman–Crippen LogP) is 1.64. The second kappa shape index (κ2) is 11.9. The Hall–Kier alpha value is -4.18. The van der Waals surface area contributed by atoms with Gasteiger partial charge in [-0.25, -0.2) is 4.79 Å². The molecule has 2 saturated heterocycles. The normalized spacial score (nSPS) is 19.7. The van der Waals surface area contributed by atoms with Gasteiger partial charge in [0.1, 0.15) is 6.17 Å². The molecule has 1 unspecified atom stereocenters. The monoisotopic (exact) mass is 517 g/mol. The molecule has 0 aliphatic carbocycles. The van der Waals surface area contributed by atoms with Crippen LogP contribution in [-0.4, -0.2) is 80.4 Å². The third-order valence-electron chi connectivity index (χ3n) is 7.01. The molecule has 3 heterocycles. The van der Waals surface area contributed by atoms with Crippen molar-refractivity contribution in [3.63, 3.8) is 0 Å². The van der Waals surface area contributed by atoms with Gasteiger partial charge in [-0.3, -0.25) is 4.79 Å². The lowest BCUT2D eigenvalue weighted by molar-refractivity contribution is -0.114. The molecule has 0 saturated carbocycles. The Bertz CT molecular complexity index is 1170. The lowest BCUT2D eigenvalue weighted by atomic mass is 10.1. The van der Waals surface area contributed by atoms with Crippen molar-refractivity contribution in [2.45, 2.75) is 12.7 Å². The molecule has 0 bridgehead atoms. The van der Waals surface area contributed by atoms with Crippen molar-refractivity contribution in [3.8, 4) is 0 Å². The van der Waals surface area contributed by atoms with E-state index in [0.717, 1.165) is 30.0 Å². The molecule has 3 aliphatic rings. The summed E-state index contributed by atoms with van der Waals surface area (Å²) in [4.78, 5) is 30.8. The van der Waals surface area contributed by atoms with Crippen LogP contribution >= 0.6 is 0 Å². The van der Waals surface area contributed by atoms with Crippen LogP contribution in [-0.2, 0) is 16.1 Å². The Labute approximate surface area is 223 Å². The minimum absolute atomic E-state index is 0.117. The number of hydrogen-bond donors (Lipinski definition) is 4. The lowest BCUT2D eigenvalue weighted by Crippen LogP contribution is -2.54. The van der Waals surface area contributed by atoms with E-state index in [9.17, 15) is 9.59 Å². The van der Waals surface area contributed by atoms with E-state index in [1.807, 2.05) is 58.3 Å². The van der Waals surface area contributed by atoms with Crippen molar-refractivity contribution >= 4 is 23.3 Å². The average molecular weight is 518 g/mol. The second-order valence-corrected chi connectivity index (χ2v) is 9.53.